The lowest BCUT2D eigenvalue weighted by molar-refractivity contribution is 0.575. The van der Waals surface area contributed by atoms with Crippen LogP contribution in [0.15, 0.2) is 41.1 Å². The molecular weight excluding hydrogens is 238 g/mol. The highest BCUT2D eigenvalue weighted by Gasteiger charge is 2.04. The van der Waals surface area contributed by atoms with E-state index < -0.39 is 0 Å². The number of hydrogen-bond donors (Lipinski definition) is 1. The second-order valence-electron chi connectivity index (χ2n) is 3.79. The van der Waals surface area contributed by atoms with Crippen molar-refractivity contribution in [3.63, 3.8) is 0 Å². The fourth-order valence-electron chi connectivity index (χ4n) is 1.53. The Morgan fingerprint density at radius 1 is 1.25 bits per heavy atom. The zero-order valence-corrected chi connectivity index (χ0v) is 10.7. The molecule has 2 aromatic rings. The Morgan fingerprint density at radius 3 is 2.62 bits per heavy atom. The molecule has 0 saturated carbocycles. The van der Waals surface area contributed by atoms with Gasteiger partial charge in [0.1, 0.15) is 0 Å². The summed E-state index contributed by atoms with van der Waals surface area (Å²) in [6, 6.07) is 10.5. The standard InChI is InChI=1S/C13H14ClNS/c1-10(12-2-4-13(14)5-3-12)15-8-11-6-7-16-9-11/h2-7,9-10,15H,8H2,1H3. The third-order valence-corrected chi connectivity index (χ3v) is 3.55. The number of benzene rings is 1. The molecule has 1 atom stereocenters. The number of nitrogens with one attached hydrogen (secondary N) is 1. The van der Waals surface area contributed by atoms with Crippen molar-refractivity contribution < 1.29 is 0 Å². The second kappa shape index (κ2) is 5.48. The lowest BCUT2D eigenvalue weighted by Gasteiger charge is -2.13. The summed E-state index contributed by atoms with van der Waals surface area (Å²) in [5, 5.41) is 8.54. The van der Waals surface area contributed by atoms with Gasteiger partial charge in [-0.2, -0.15) is 11.3 Å². The van der Waals surface area contributed by atoms with Gasteiger partial charge in [-0.15, -0.1) is 0 Å². The van der Waals surface area contributed by atoms with E-state index >= 15 is 0 Å². The van der Waals surface area contributed by atoms with Gasteiger partial charge in [0.2, 0.25) is 0 Å². The highest BCUT2D eigenvalue weighted by molar-refractivity contribution is 7.07. The molecule has 1 N–H and O–H groups in total. The van der Waals surface area contributed by atoms with Gasteiger partial charge in [-0.25, -0.2) is 0 Å². The Labute approximate surface area is 105 Å². The van der Waals surface area contributed by atoms with Crippen molar-refractivity contribution in [2.24, 2.45) is 0 Å². The molecule has 0 bridgehead atoms. The van der Waals surface area contributed by atoms with Gasteiger partial charge in [-0.3, -0.25) is 0 Å². The topological polar surface area (TPSA) is 12.0 Å². The van der Waals surface area contributed by atoms with Crippen LogP contribution < -0.4 is 5.32 Å². The zero-order valence-electron chi connectivity index (χ0n) is 9.11. The molecule has 1 heterocycles. The smallest absolute Gasteiger partial charge is 0.0406 e. The van der Waals surface area contributed by atoms with Crippen LogP contribution in [-0.2, 0) is 6.54 Å². The first-order valence-corrected chi connectivity index (χ1v) is 6.58. The van der Waals surface area contributed by atoms with Gasteiger partial charge in [-0.05, 0) is 47.0 Å². The monoisotopic (exact) mass is 251 g/mol. The summed E-state index contributed by atoms with van der Waals surface area (Å²) >= 11 is 7.59. The first-order valence-electron chi connectivity index (χ1n) is 5.25. The largest absolute Gasteiger partial charge is 0.306 e. The normalized spacial score (nSPS) is 12.6. The van der Waals surface area contributed by atoms with Crippen LogP contribution in [0.1, 0.15) is 24.1 Å². The summed E-state index contributed by atoms with van der Waals surface area (Å²) in [7, 11) is 0. The Hall–Kier alpha value is -0.830. The van der Waals surface area contributed by atoms with E-state index in [0.29, 0.717) is 6.04 Å². The van der Waals surface area contributed by atoms with Crippen LogP contribution in [0.4, 0.5) is 0 Å². The van der Waals surface area contributed by atoms with E-state index in [9.17, 15) is 0 Å². The molecule has 0 aliphatic heterocycles. The summed E-state index contributed by atoms with van der Waals surface area (Å²) in [4.78, 5) is 0. The molecule has 1 unspecified atom stereocenters. The molecule has 2 rings (SSSR count). The molecule has 1 aromatic heterocycles. The second-order valence-corrected chi connectivity index (χ2v) is 5.00. The van der Waals surface area contributed by atoms with E-state index in [1.165, 1.54) is 11.1 Å². The molecule has 0 spiro atoms. The SMILES string of the molecule is CC(NCc1ccsc1)c1ccc(Cl)cc1. The van der Waals surface area contributed by atoms with Crippen molar-refractivity contribution >= 4 is 22.9 Å². The molecule has 16 heavy (non-hydrogen) atoms. The van der Waals surface area contributed by atoms with E-state index in [4.69, 9.17) is 11.6 Å². The van der Waals surface area contributed by atoms with Gasteiger partial charge in [0.15, 0.2) is 0 Å². The first-order chi connectivity index (χ1) is 7.75. The minimum absolute atomic E-state index is 0.345. The molecule has 1 aromatic carbocycles. The molecule has 0 amide bonds. The lowest BCUT2D eigenvalue weighted by Crippen LogP contribution is -2.17. The van der Waals surface area contributed by atoms with Crippen molar-refractivity contribution in [2.45, 2.75) is 19.5 Å². The maximum Gasteiger partial charge on any atom is 0.0406 e. The predicted octanol–water partition coefficient (Wildman–Crippen LogP) is 4.25. The highest BCUT2D eigenvalue weighted by Crippen LogP contribution is 2.16. The average Bonchev–Trinajstić information content (AvgIpc) is 2.80. The third-order valence-electron chi connectivity index (χ3n) is 2.56. The van der Waals surface area contributed by atoms with E-state index in [1.54, 1.807) is 11.3 Å². The molecule has 1 nitrogen and oxygen atoms in total. The summed E-state index contributed by atoms with van der Waals surface area (Å²) in [5.41, 5.74) is 2.60. The third kappa shape index (κ3) is 3.08. The minimum atomic E-state index is 0.345. The predicted molar refractivity (Wildman–Crippen MR) is 71.0 cm³/mol. The van der Waals surface area contributed by atoms with E-state index in [2.05, 4.69) is 41.2 Å². The van der Waals surface area contributed by atoms with Crippen LogP contribution in [0, 0.1) is 0 Å². The fraction of sp³-hybridized carbons (Fsp3) is 0.231. The number of rotatable bonds is 4. The van der Waals surface area contributed by atoms with Crippen molar-refractivity contribution in [1.82, 2.24) is 5.32 Å². The first kappa shape index (κ1) is 11.6. The Bertz CT molecular complexity index is 422. The zero-order chi connectivity index (χ0) is 11.4. The van der Waals surface area contributed by atoms with Crippen molar-refractivity contribution in [3.8, 4) is 0 Å². The molecule has 0 aliphatic carbocycles. The molecule has 0 fully saturated rings. The van der Waals surface area contributed by atoms with Gasteiger partial charge in [0.05, 0.1) is 0 Å². The molecule has 0 saturated heterocycles. The van der Waals surface area contributed by atoms with Gasteiger partial charge in [0, 0.05) is 17.6 Å². The number of halogens is 1. The van der Waals surface area contributed by atoms with Crippen molar-refractivity contribution in [1.29, 1.82) is 0 Å². The molecule has 0 aliphatic rings. The summed E-state index contributed by atoms with van der Waals surface area (Å²) in [6.45, 7) is 3.07. The van der Waals surface area contributed by atoms with Crippen molar-refractivity contribution in [3.05, 3.63) is 57.2 Å². The Balaban J connectivity index is 1.93. The fourth-order valence-corrected chi connectivity index (χ4v) is 2.33. The average molecular weight is 252 g/mol. The van der Waals surface area contributed by atoms with E-state index in [0.717, 1.165) is 11.6 Å². The number of hydrogen-bond acceptors (Lipinski definition) is 2. The quantitative estimate of drug-likeness (QED) is 0.857. The maximum atomic E-state index is 5.86. The molecule has 84 valence electrons. The van der Waals surface area contributed by atoms with Crippen LogP contribution in [0.3, 0.4) is 0 Å². The summed E-state index contributed by atoms with van der Waals surface area (Å²) in [6.07, 6.45) is 0. The molecule has 0 radical (unpaired) electrons. The van der Waals surface area contributed by atoms with Crippen LogP contribution in [0.25, 0.3) is 0 Å². The maximum absolute atomic E-state index is 5.86. The van der Waals surface area contributed by atoms with Gasteiger partial charge >= 0.3 is 0 Å². The minimum Gasteiger partial charge on any atom is -0.306 e. The van der Waals surface area contributed by atoms with E-state index in [-0.39, 0.29) is 0 Å². The van der Waals surface area contributed by atoms with Crippen molar-refractivity contribution in [2.75, 3.05) is 0 Å². The number of thiophene rings is 1. The lowest BCUT2D eigenvalue weighted by atomic mass is 10.1. The molecular formula is C13H14ClNS. The van der Waals surface area contributed by atoms with Crippen LogP contribution >= 0.6 is 22.9 Å². The van der Waals surface area contributed by atoms with Gasteiger partial charge < -0.3 is 5.32 Å². The van der Waals surface area contributed by atoms with Crippen LogP contribution in [0.5, 0.6) is 0 Å². The van der Waals surface area contributed by atoms with Crippen LogP contribution in [-0.4, -0.2) is 0 Å². The van der Waals surface area contributed by atoms with E-state index in [1.807, 2.05) is 12.1 Å². The molecule has 3 heteroatoms. The highest BCUT2D eigenvalue weighted by atomic mass is 35.5. The van der Waals surface area contributed by atoms with Crippen LogP contribution in [0.2, 0.25) is 5.02 Å². The summed E-state index contributed by atoms with van der Waals surface area (Å²) in [5.74, 6) is 0. The summed E-state index contributed by atoms with van der Waals surface area (Å²) < 4.78 is 0. The van der Waals surface area contributed by atoms with Gasteiger partial charge in [0.25, 0.3) is 0 Å². The Kier molecular flexibility index (Phi) is 3.99. The van der Waals surface area contributed by atoms with Gasteiger partial charge in [-0.1, -0.05) is 23.7 Å². The Morgan fingerprint density at radius 2 is 2.00 bits per heavy atom.